The molecule has 8 heteroatoms. The number of carbonyl (C=O) groups is 2. The number of urea groups is 1. The van der Waals surface area contributed by atoms with Crippen LogP contribution in [0.1, 0.15) is 22.9 Å². The van der Waals surface area contributed by atoms with Crippen molar-refractivity contribution >= 4 is 23.7 Å². The van der Waals surface area contributed by atoms with Gasteiger partial charge in [-0.2, -0.15) is 0 Å². The molecule has 1 aliphatic rings. The van der Waals surface area contributed by atoms with Crippen LogP contribution in [0, 0.1) is 6.92 Å². The van der Waals surface area contributed by atoms with E-state index < -0.39 is 12.1 Å². The van der Waals surface area contributed by atoms with Crippen molar-refractivity contribution in [2.45, 2.75) is 29.5 Å². The minimum Gasteiger partial charge on any atom is -0.489 e. The minimum absolute atomic E-state index is 0.375. The molecule has 3 amide bonds. The highest BCUT2D eigenvalue weighted by atomic mass is 32.2. The normalized spacial score (nSPS) is 15.9. The zero-order chi connectivity index (χ0) is 20.4. The van der Waals surface area contributed by atoms with Gasteiger partial charge in [-0.3, -0.25) is 10.1 Å². The number of benzene rings is 2. The third kappa shape index (κ3) is 4.27. The second-order valence-corrected chi connectivity index (χ2v) is 7.86. The number of aromatic nitrogens is 2. The molecule has 2 N–H and O–H groups in total. The van der Waals surface area contributed by atoms with Crippen LogP contribution in [-0.2, 0) is 18.4 Å². The van der Waals surface area contributed by atoms with E-state index in [4.69, 9.17) is 4.74 Å². The predicted molar refractivity (Wildman–Crippen MR) is 109 cm³/mol. The van der Waals surface area contributed by atoms with Crippen LogP contribution >= 0.6 is 11.8 Å². The summed E-state index contributed by atoms with van der Waals surface area (Å²) in [6.45, 7) is 2.57. The maximum Gasteiger partial charge on any atom is 0.322 e. The standard InChI is InChI=1S/C21H20N4O3S/c1-13-4-3-5-14(10-13)11-28-15-6-8-16(9-7-15)29-20-18(25(2)12-22-20)17-19(26)24-21(27)23-17/h3-10,12,17H,11H2,1-2H3,(H2,23,24,26,27). The molecule has 0 saturated carbocycles. The second kappa shape index (κ2) is 8.00. The van der Waals surface area contributed by atoms with E-state index in [1.807, 2.05) is 36.4 Å². The van der Waals surface area contributed by atoms with Crippen LogP contribution in [0.25, 0.3) is 0 Å². The Hall–Kier alpha value is -3.26. The van der Waals surface area contributed by atoms with Crippen molar-refractivity contribution in [3.05, 3.63) is 71.7 Å². The van der Waals surface area contributed by atoms with Crippen molar-refractivity contribution in [3.63, 3.8) is 0 Å². The topological polar surface area (TPSA) is 85.2 Å². The van der Waals surface area contributed by atoms with Gasteiger partial charge in [-0.05, 0) is 36.8 Å². The Kier molecular flexibility index (Phi) is 5.26. The minimum atomic E-state index is -0.741. The molecule has 29 heavy (non-hydrogen) atoms. The number of nitrogens with one attached hydrogen (secondary N) is 2. The zero-order valence-corrected chi connectivity index (χ0v) is 16.8. The quantitative estimate of drug-likeness (QED) is 0.611. The van der Waals surface area contributed by atoms with Gasteiger partial charge >= 0.3 is 6.03 Å². The SMILES string of the molecule is Cc1cccc(COc2ccc(Sc3ncn(C)c3C3NC(=O)NC3=O)cc2)c1. The number of rotatable bonds is 6. The van der Waals surface area contributed by atoms with Gasteiger partial charge in [0, 0.05) is 11.9 Å². The fourth-order valence-electron chi connectivity index (χ4n) is 3.12. The Bertz CT molecular complexity index is 1060. The molecular formula is C21H20N4O3S. The highest BCUT2D eigenvalue weighted by molar-refractivity contribution is 7.99. The first-order chi connectivity index (χ1) is 14.0. The van der Waals surface area contributed by atoms with Gasteiger partial charge in [0.15, 0.2) is 6.04 Å². The van der Waals surface area contributed by atoms with Crippen molar-refractivity contribution in [3.8, 4) is 5.75 Å². The molecule has 2 heterocycles. The van der Waals surface area contributed by atoms with Crippen LogP contribution < -0.4 is 15.4 Å². The molecule has 148 valence electrons. The molecule has 0 aliphatic carbocycles. The van der Waals surface area contributed by atoms with Gasteiger partial charge in [-0.25, -0.2) is 9.78 Å². The summed E-state index contributed by atoms with van der Waals surface area (Å²) in [4.78, 5) is 28.8. The number of nitrogens with zero attached hydrogens (tertiary/aromatic N) is 2. The Balaban J connectivity index is 1.44. The highest BCUT2D eigenvalue weighted by Crippen LogP contribution is 2.33. The van der Waals surface area contributed by atoms with Gasteiger partial charge in [0.2, 0.25) is 0 Å². The summed E-state index contributed by atoms with van der Waals surface area (Å²) in [5, 5.41) is 5.55. The number of imide groups is 1. The van der Waals surface area contributed by atoms with Crippen LogP contribution in [0.5, 0.6) is 5.75 Å². The van der Waals surface area contributed by atoms with Crippen molar-refractivity contribution in [2.75, 3.05) is 0 Å². The third-order valence-corrected chi connectivity index (χ3v) is 5.54. The van der Waals surface area contributed by atoms with Crippen LogP contribution in [0.2, 0.25) is 0 Å². The first-order valence-corrected chi connectivity index (χ1v) is 9.90. The molecular weight excluding hydrogens is 388 g/mol. The largest absolute Gasteiger partial charge is 0.489 e. The fraction of sp³-hybridized carbons (Fsp3) is 0.190. The van der Waals surface area contributed by atoms with E-state index >= 15 is 0 Å². The molecule has 2 aromatic carbocycles. The first-order valence-electron chi connectivity index (χ1n) is 9.08. The van der Waals surface area contributed by atoms with Gasteiger partial charge < -0.3 is 14.6 Å². The Morgan fingerprint density at radius 3 is 2.66 bits per heavy atom. The van der Waals surface area contributed by atoms with Gasteiger partial charge in [-0.1, -0.05) is 41.6 Å². The number of imidazole rings is 1. The smallest absolute Gasteiger partial charge is 0.322 e. The summed E-state index contributed by atoms with van der Waals surface area (Å²) in [6.07, 6.45) is 1.63. The van der Waals surface area contributed by atoms with Gasteiger partial charge in [0.25, 0.3) is 5.91 Å². The molecule has 1 atom stereocenters. The number of aryl methyl sites for hydroxylation is 2. The number of carbonyl (C=O) groups excluding carboxylic acids is 2. The van der Waals surface area contributed by atoms with Crippen LogP contribution in [-0.4, -0.2) is 21.5 Å². The molecule has 0 bridgehead atoms. The van der Waals surface area contributed by atoms with Crippen LogP contribution in [0.3, 0.4) is 0 Å². The average molecular weight is 408 g/mol. The lowest BCUT2D eigenvalue weighted by atomic mass is 10.1. The predicted octanol–water partition coefficient (Wildman–Crippen LogP) is 3.34. The van der Waals surface area contributed by atoms with E-state index in [9.17, 15) is 9.59 Å². The second-order valence-electron chi connectivity index (χ2n) is 6.79. The molecule has 1 unspecified atom stereocenters. The van der Waals surface area contributed by atoms with E-state index in [1.165, 1.54) is 17.3 Å². The summed E-state index contributed by atoms with van der Waals surface area (Å²) in [5.41, 5.74) is 2.98. The Labute approximate surface area is 172 Å². The molecule has 1 aromatic heterocycles. The maximum absolute atomic E-state index is 12.0. The monoisotopic (exact) mass is 408 g/mol. The first kappa shape index (κ1) is 19.1. The maximum atomic E-state index is 12.0. The Morgan fingerprint density at radius 2 is 1.97 bits per heavy atom. The molecule has 0 spiro atoms. The fourth-order valence-corrected chi connectivity index (χ4v) is 4.08. The molecule has 4 rings (SSSR count). The molecule has 1 aliphatic heterocycles. The third-order valence-electron chi connectivity index (χ3n) is 4.52. The van der Waals surface area contributed by atoms with Crippen LogP contribution in [0.15, 0.2) is 64.8 Å². The zero-order valence-electron chi connectivity index (χ0n) is 16.0. The summed E-state index contributed by atoms with van der Waals surface area (Å²) in [7, 11) is 1.80. The lowest BCUT2D eigenvalue weighted by molar-refractivity contribution is -0.120. The van der Waals surface area contributed by atoms with Gasteiger partial charge in [-0.15, -0.1) is 0 Å². The van der Waals surface area contributed by atoms with Crippen molar-refractivity contribution in [1.29, 1.82) is 0 Å². The summed E-state index contributed by atoms with van der Waals surface area (Å²) in [6, 6.07) is 14.7. The lowest BCUT2D eigenvalue weighted by Crippen LogP contribution is -2.23. The number of hydrogen-bond donors (Lipinski definition) is 2. The molecule has 7 nitrogen and oxygen atoms in total. The van der Waals surface area contributed by atoms with E-state index in [0.717, 1.165) is 16.2 Å². The van der Waals surface area contributed by atoms with Crippen molar-refractivity contribution in [2.24, 2.45) is 7.05 Å². The molecule has 1 fully saturated rings. The summed E-state index contributed by atoms with van der Waals surface area (Å²) < 4.78 is 7.61. The van der Waals surface area contributed by atoms with Crippen LogP contribution in [0.4, 0.5) is 4.79 Å². The molecule has 0 radical (unpaired) electrons. The summed E-state index contributed by atoms with van der Waals surface area (Å²) >= 11 is 1.43. The average Bonchev–Trinajstić information content (AvgIpc) is 3.22. The van der Waals surface area contributed by atoms with E-state index in [0.29, 0.717) is 17.3 Å². The molecule has 3 aromatic rings. The lowest BCUT2D eigenvalue weighted by Gasteiger charge is -2.11. The number of ether oxygens (including phenoxy) is 1. The van der Waals surface area contributed by atoms with Gasteiger partial charge in [0.05, 0.1) is 12.0 Å². The highest BCUT2D eigenvalue weighted by Gasteiger charge is 2.35. The molecule has 1 saturated heterocycles. The van der Waals surface area contributed by atoms with Gasteiger partial charge in [0.1, 0.15) is 17.4 Å². The van der Waals surface area contributed by atoms with E-state index in [-0.39, 0.29) is 5.91 Å². The van der Waals surface area contributed by atoms with E-state index in [1.54, 1.807) is 17.9 Å². The number of hydrogen-bond acceptors (Lipinski definition) is 5. The number of amides is 3. The Morgan fingerprint density at radius 1 is 1.17 bits per heavy atom. The van der Waals surface area contributed by atoms with Crippen molar-refractivity contribution < 1.29 is 14.3 Å². The van der Waals surface area contributed by atoms with E-state index in [2.05, 4.69) is 34.7 Å². The summed E-state index contributed by atoms with van der Waals surface area (Å²) in [5.74, 6) is 0.403. The van der Waals surface area contributed by atoms with Crippen molar-refractivity contribution in [1.82, 2.24) is 20.2 Å².